The number of nitrogens with zero attached hydrogens (tertiary/aromatic N) is 2. The highest BCUT2D eigenvalue weighted by Gasteiger charge is 2.20. The summed E-state index contributed by atoms with van der Waals surface area (Å²) in [5, 5.41) is 8.43. The van der Waals surface area contributed by atoms with Crippen LogP contribution < -0.4 is 4.74 Å². The molecular weight excluding hydrogens is 378 g/mol. The van der Waals surface area contributed by atoms with E-state index in [0.29, 0.717) is 17.2 Å². The van der Waals surface area contributed by atoms with Gasteiger partial charge in [0.05, 0.1) is 11.3 Å². The third-order valence-electron chi connectivity index (χ3n) is 4.88. The summed E-state index contributed by atoms with van der Waals surface area (Å²) in [4.78, 5) is 16.5. The molecule has 0 spiro atoms. The second kappa shape index (κ2) is 7.67. The molecular formula is C24H17N3O3. The quantitative estimate of drug-likeness (QED) is 0.402. The second-order valence-electron chi connectivity index (χ2n) is 6.77. The maximum atomic E-state index is 13.2. The van der Waals surface area contributed by atoms with E-state index in [1.54, 1.807) is 12.1 Å². The average molecular weight is 395 g/mol. The van der Waals surface area contributed by atoms with E-state index >= 15 is 0 Å². The molecule has 6 nitrogen and oxygen atoms in total. The topological polar surface area (TPSA) is 81.0 Å². The average Bonchev–Trinajstić information content (AvgIpc) is 3.47. The lowest BCUT2D eigenvalue weighted by Gasteiger charge is -2.08. The molecule has 2 aromatic heterocycles. The third kappa shape index (κ3) is 3.35. The maximum absolute atomic E-state index is 13.2. The van der Waals surface area contributed by atoms with Crippen molar-refractivity contribution < 1.29 is 13.9 Å². The molecule has 0 saturated carbocycles. The fraction of sp³-hybridized carbons (Fsp3) is 0.0417. The molecule has 3 aromatic carbocycles. The molecule has 1 N–H and O–H groups in total. The van der Waals surface area contributed by atoms with E-state index in [0.717, 1.165) is 27.7 Å². The molecule has 0 aliphatic heterocycles. The van der Waals surface area contributed by atoms with Gasteiger partial charge in [-0.15, -0.1) is 10.2 Å². The van der Waals surface area contributed by atoms with Gasteiger partial charge in [0.1, 0.15) is 5.75 Å². The molecule has 0 atom stereocenters. The number of Topliss-reactive ketones (excluding diaryl/α,β-unsaturated/α-hetero) is 1. The number of para-hydroxylation sites is 1. The highest BCUT2D eigenvalue weighted by Crippen LogP contribution is 2.31. The number of ketones is 1. The molecule has 0 bridgehead atoms. The Labute approximate surface area is 172 Å². The Bertz CT molecular complexity index is 1290. The van der Waals surface area contributed by atoms with Crippen molar-refractivity contribution in [1.29, 1.82) is 0 Å². The second-order valence-corrected chi connectivity index (χ2v) is 6.77. The number of carbonyl (C=O) groups is 1. The summed E-state index contributed by atoms with van der Waals surface area (Å²) in [5.74, 6) is 0.934. The Morgan fingerprint density at radius 3 is 2.43 bits per heavy atom. The van der Waals surface area contributed by atoms with Crippen LogP contribution in [0.1, 0.15) is 10.4 Å². The molecule has 146 valence electrons. The van der Waals surface area contributed by atoms with Crippen LogP contribution in [0.5, 0.6) is 5.75 Å². The first-order valence-corrected chi connectivity index (χ1v) is 9.48. The number of aromatic amines is 1. The molecule has 0 saturated heterocycles. The molecule has 0 aliphatic rings. The molecule has 5 aromatic rings. The van der Waals surface area contributed by atoms with Gasteiger partial charge in [-0.1, -0.05) is 48.5 Å². The fourth-order valence-corrected chi connectivity index (χ4v) is 3.47. The zero-order valence-electron chi connectivity index (χ0n) is 15.9. The van der Waals surface area contributed by atoms with Crippen molar-refractivity contribution >= 4 is 16.7 Å². The van der Waals surface area contributed by atoms with Crippen molar-refractivity contribution in [3.63, 3.8) is 0 Å². The number of carbonyl (C=O) groups excluding carboxylic acids is 1. The van der Waals surface area contributed by atoms with Gasteiger partial charge in [-0.05, 0) is 35.9 Å². The first kappa shape index (κ1) is 17.9. The van der Waals surface area contributed by atoms with Crippen LogP contribution in [0.15, 0.2) is 89.7 Å². The van der Waals surface area contributed by atoms with Crippen molar-refractivity contribution in [1.82, 2.24) is 15.2 Å². The van der Waals surface area contributed by atoms with Crippen molar-refractivity contribution in [2.24, 2.45) is 0 Å². The number of hydrogen-bond donors (Lipinski definition) is 1. The molecule has 0 radical (unpaired) electrons. The first-order valence-electron chi connectivity index (χ1n) is 9.48. The SMILES string of the molecule is O=C(COc1ccc(-c2nnco2)cc1)c1c(-c2ccccc2)[nH]c2ccccc12. The molecule has 0 aliphatic carbocycles. The van der Waals surface area contributed by atoms with E-state index in [2.05, 4.69) is 15.2 Å². The van der Waals surface area contributed by atoms with E-state index in [9.17, 15) is 4.79 Å². The number of rotatable bonds is 6. The Balaban J connectivity index is 1.41. The van der Waals surface area contributed by atoms with Gasteiger partial charge in [-0.3, -0.25) is 4.79 Å². The largest absolute Gasteiger partial charge is 0.485 e. The van der Waals surface area contributed by atoms with Gasteiger partial charge in [-0.2, -0.15) is 0 Å². The van der Waals surface area contributed by atoms with Crippen LogP contribution in [0.4, 0.5) is 0 Å². The summed E-state index contributed by atoms with van der Waals surface area (Å²) in [6, 6.07) is 24.8. The van der Waals surface area contributed by atoms with Crippen molar-refractivity contribution in [3.05, 3.63) is 90.8 Å². The Hall–Kier alpha value is -4.19. The summed E-state index contributed by atoms with van der Waals surface area (Å²) in [6.45, 7) is -0.0679. The van der Waals surface area contributed by atoms with E-state index in [4.69, 9.17) is 9.15 Å². The van der Waals surface area contributed by atoms with E-state index in [-0.39, 0.29) is 12.4 Å². The van der Waals surface area contributed by atoms with Gasteiger partial charge in [0.2, 0.25) is 18.1 Å². The zero-order valence-corrected chi connectivity index (χ0v) is 15.9. The van der Waals surface area contributed by atoms with Crippen molar-refractivity contribution in [2.45, 2.75) is 0 Å². The smallest absolute Gasteiger partial charge is 0.247 e. The number of aromatic nitrogens is 3. The summed E-state index contributed by atoms with van der Waals surface area (Å²) in [7, 11) is 0. The van der Waals surface area contributed by atoms with Gasteiger partial charge in [0, 0.05) is 16.5 Å². The minimum Gasteiger partial charge on any atom is -0.485 e. The summed E-state index contributed by atoms with van der Waals surface area (Å²) < 4.78 is 11.0. The highest BCUT2D eigenvalue weighted by atomic mass is 16.5. The van der Waals surface area contributed by atoms with Crippen LogP contribution >= 0.6 is 0 Å². The number of benzene rings is 3. The van der Waals surface area contributed by atoms with Crippen molar-refractivity contribution in [2.75, 3.05) is 6.61 Å². The molecule has 0 fully saturated rings. The Morgan fingerprint density at radius 1 is 0.900 bits per heavy atom. The number of hydrogen-bond acceptors (Lipinski definition) is 5. The van der Waals surface area contributed by atoms with Crippen molar-refractivity contribution in [3.8, 4) is 28.5 Å². The standard InChI is InChI=1S/C24H17N3O3/c28-21(14-29-18-12-10-17(11-13-18)24-27-25-15-30-24)22-19-8-4-5-9-20(19)26-23(22)16-6-2-1-3-7-16/h1-13,15,26H,14H2. The number of fused-ring (bicyclic) bond motifs is 1. The van der Waals surface area contributed by atoms with E-state index in [1.165, 1.54) is 6.39 Å². The molecule has 30 heavy (non-hydrogen) atoms. The monoisotopic (exact) mass is 395 g/mol. The van der Waals surface area contributed by atoms with Crippen LogP contribution in [0, 0.1) is 0 Å². The fourth-order valence-electron chi connectivity index (χ4n) is 3.47. The molecule has 0 amide bonds. The van der Waals surface area contributed by atoms with Gasteiger partial charge in [0.25, 0.3) is 0 Å². The predicted molar refractivity (Wildman–Crippen MR) is 113 cm³/mol. The lowest BCUT2D eigenvalue weighted by Crippen LogP contribution is -2.12. The molecule has 5 rings (SSSR count). The minimum absolute atomic E-state index is 0.0679. The van der Waals surface area contributed by atoms with Crippen LogP contribution in [0.3, 0.4) is 0 Å². The van der Waals surface area contributed by atoms with Gasteiger partial charge < -0.3 is 14.1 Å². The molecule has 0 unspecified atom stereocenters. The van der Waals surface area contributed by atoms with Crippen LogP contribution in [0.2, 0.25) is 0 Å². The summed E-state index contributed by atoms with van der Waals surface area (Å²) in [6.07, 6.45) is 1.28. The van der Waals surface area contributed by atoms with E-state index < -0.39 is 0 Å². The lowest BCUT2D eigenvalue weighted by atomic mass is 10.0. The van der Waals surface area contributed by atoms with Gasteiger partial charge in [0.15, 0.2) is 6.61 Å². The van der Waals surface area contributed by atoms with Gasteiger partial charge >= 0.3 is 0 Å². The summed E-state index contributed by atoms with van der Waals surface area (Å²) in [5.41, 5.74) is 4.11. The zero-order chi connectivity index (χ0) is 20.3. The highest BCUT2D eigenvalue weighted by molar-refractivity contribution is 6.13. The predicted octanol–water partition coefficient (Wildman–Crippen LogP) is 5.15. The number of ether oxygens (including phenoxy) is 1. The number of H-pyrrole nitrogens is 1. The van der Waals surface area contributed by atoms with E-state index in [1.807, 2.05) is 66.7 Å². The van der Waals surface area contributed by atoms with Crippen LogP contribution in [-0.2, 0) is 0 Å². The first-order chi connectivity index (χ1) is 14.8. The molecule has 2 heterocycles. The Kier molecular flexibility index (Phi) is 4.57. The Morgan fingerprint density at radius 2 is 1.67 bits per heavy atom. The third-order valence-corrected chi connectivity index (χ3v) is 4.88. The van der Waals surface area contributed by atoms with Gasteiger partial charge in [-0.25, -0.2) is 0 Å². The minimum atomic E-state index is -0.0905. The molecule has 6 heteroatoms. The summed E-state index contributed by atoms with van der Waals surface area (Å²) >= 11 is 0. The number of nitrogens with one attached hydrogen (secondary N) is 1. The maximum Gasteiger partial charge on any atom is 0.247 e. The van der Waals surface area contributed by atoms with Crippen LogP contribution in [0.25, 0.3) is 33.6 Å². The normalized spacial score (nSPS) is 10.9. The van der Waals surface area contributed by atoms with Crippen LogP contribution in [-0.4, -0.2) is 27.6 Å². The lowest BCUT2D eigenvalue weighted by molar-refractivity contribution is 0.0924.